The fraction of sp³-hybridized carbons (Fsp3) is 0.953. The van der Waals surface area contributed by atoms with Crippen LogP contribution in [0.5, 0.6) is 0 Å². The SMILES string of the molecule is CO[C@H]1[C@@H](O)[C@@H](C)O[C@@H](O[C@H]2[C@@H](OC)C[C@H](O[C@H]3[C@@H](O)C[C@H](O[C@H]4[C@@H](O)C[C@H](O[C@H]5[C@@H](OC)C[C@]6(CO[C@@H]7C[C@H](O[C@@H](C)[C@@]8(O)CC[C@H]9[C@]%10(C)CC=C%11C[C@@H](O)CC[C@]%11(C)[C@@H]%10CC[C@@]98C)O[C@H](C)[C@H]7OO6)O[C@@H]5C)O[C@@H]4C)O[C@@H]3C)O[C@@H]2C)[C@@H]1OC(C)=O. The summed E-state index contributed by atoms with van der Waals surface area (Å²) in [6, 6.07) is 0. The predicted octanol–water partition coefficient (Wildman–Crippen LogP) is 4.94. The summed E-state index contributed by atoms with van der Waals surface area (Å²) >= 11 is 0. The monoisotopic (exact) mass is 1260 g/mol. The van der Waals surface area contributed by atoms with Crippen molar-refractivity contribution in [2.75, 3.05) is 27.9 Å². The van der Waals surface area contributed by atoms with Gasteiger partial charge in [0, 0.05) is 65.8 Å². The van der Waals surface area contributed by atoms with Gasteiger partial charge in [-0.1, -0.05) is 32.4 Å². The molecule has 1 spiro atoms. The Balaban J connectivity index is 0.641. The maximum atomic E-state index is 12.9. The van der Waals surface area contributed by atoms with Crippen LogP contribution in [-0.2, 0) is 90.4 Å². The van der Waals surface area contributed by atoms with Crippen molar-refractivity contribution in [1.82, 2.24) is 0 Å². The lowest BCUT2D eigenvalue weighted by molar-refractivity contribution is -0.472. The fourth-order valence-corrected chi connectivity index (χ4v) is 18.4. The molecule has 0 aromatic heterocycles. The smallest absolute Gasteiger partial charge is 0.303 e. The van der Waals surface area contributed by atoms with Crippen molar-refractivity contribution in [2.24, 2.45) is 28.1 Å². The van der Waals surface area contributed by atoms with Gasteiger partial charge in [0.2, 0.25) is 5.79 Å². The Morgan fingerprint density at radius 3 is 1.86 bits per heavy atom. The van der Waals surface area contributed by atoms with Gasteiger partial charge in [0.25, 0.3) is 0 Å². The van der Waals surface area contributed by atoms with Crippen LogP contribution in [0.3, 0.4) is 0 Å². The van der Waals surface area contributed by atoms with E-state index in [9.17, 15) is 30.3 Å². The molecule has 5 N–H and O–H groups in total. The van der Waals surface area contributed by atoms with Crippen LogP contribution >= 0.6 is 0 Å². The molecule has 0 amide bonds. The number of fused-ring (bicyclic) bond motifs is 6. The average Bonchev–Trinajstić information content (AvgIpc) is 1.38. The number of esters is 1. The van der Waals surface area contributed by atoms with Gasteiger partial charge in [-0.2, -0.15) is 4.89 Å². The lowest BCUT2D eigenvalue weighted by atomic mass is 9.41. The highest BCUT2D eigenvalue weighted by atomic mass is 17.2. The number of carbonyl (C=O) groups excluding carboxylic acids is 1. The van der Waals surface area contributed by atoms with E-state index in [0.717, 1.165) is 44.9 Å². The number of allylic oxidation sites excluding steroid dienone is 1. The van der Waals surface area contributed by atoms with E-state index in [1.165, 1.54) is 26.7 Å². The summed E-state index contributed by atoms with van der Waals surface area (Å²) in [5, 5.41) is 57.4. The van der Waals surface area contributed by atoms with Gasteiger partial charge >= 0.3 is 5.97 Å². The number of carbonyl (C=O) groups is 1. The van der Waals surface area contributed by atoms with E-state index in [-0.39, 0.29) is 54.6 Å². The molecule has 24 nitrogen and oxygen atoms in total. The first-order valence-electron chi connectivity index (χ1n) is 32.7. The van der Waals surface area contributed by atoms with Gasteiger partial charge in [0.1, 0.15) is 49.3 Å². The van der Waals surface area contributed by atoms with Gasteiger partial charge in [0.15, 0.2) is 37.6 Å². The average molecular weight is 1260 g/mol. The second kappa shape index (κ2) is 26.5. The van der Waals surface area contributed by atoms with E-state index in [1.54, 1.807) is 34.8 Å². The molecule has 11 aliphatic rings. The fourth-order valence-electron chi connectivity index (χ4n) is 18.4. The molecule has 7 saturated heterocycles. The van der Waals surface area contributed by atoms with E-state index < -0.39 is 171 Å². The number of aliphatic hydroxyl groups excluding tert-OH is 4. The molecule has 0 aromatic carbocycles. The summed E-state index contributed by atoms with van der Waals surface area (Å²) < 4.78 is 100. The van der Waals surface area contributed by atoms with E-state index in [4.69, 9.17) is 85.6 Å². The number of ether oxygens (including phenoxy) is 16. The van der Waals surface area contributed by atoms with Crippen LogP contribution in [0.25, 0.3) is 0 Å². The normalized spacial score (nSPS) is 53.6. The van der Waals surface area contributed by atoms with Crippen molar-refractivity contribution in [1.29, 1.82) is 0 Å². The molecule has 0 bridgehead atoms. The summed E-state index contributed by atoms with van der Waals surface area (Å²) in [6.45, 7) is 21.2. The first kappa shape index (κ1) is 67.7. The van der Waals surface area contributed by atoms with E-state index >= 15 is 0 Å². The molecule has 10 fully saturated rings. The van der Waals surface area contributed by atoms with Crippen molar-refractivity contribution in [2.45, 2.75) is 331 Å². The number of hydrogen-bond acceptors (Lipinski definition) is 24. The maximum absolute atomic E-state index is 12.9. The Bertz CT molecular complexity index is 2380. The largest absolute Gasteiger partial charge is 0.454 e. The van der Waals surface area contributed by atoms with E-state index in [0.29, 0.717) is 24.7 Å². The molecule has 504 valence electrons. The van der Waals surface area contributed by atoms with Crippen molar-refractivity contribution in [3.8, 4) is 0 Å². The van der Waals surface area contributed by atoms with Crippen LogP contribution in [-0.4, -0.2) is 230 Å². The molecule has 88 heavy (non-hydrogen) atoms. The van der Waals surface area contributed by atoms with E-state index in [1.807, 2.05) is 20.8 Å². The number of aliphatic hydroxyl groups is 5. The molecule has 0 unspecified atom stereocenters. The minimum atomic E-state index is -1.36. The first-order valence-corrected chi connectivity index (χ1v) is 32.7. The zero-order valence-corrected chi connectivity index (χ0v) is 54.1. The summed E-state index contributed by atoms with van der Waals surface area (Å²) in [5.74, 6) is -1.13. The van der Waals surface area contributed by atoms with Gasteiger partial charge in [-0.25, -0.2) is 4.89 Å². The highest BCUT2D eigenvalue weighted by Gasteiger charge is 2.69. The zero-order chi connectivity index (χ0) is 63.2. The zero-order valence-electron chi connectivity index (χ0n) is 54.1. The number of rotatable bonds is 15. The summed E-state index contributed by atoms with van der Waals surface area (Å²) in [5.41, 5.74) is 0.128. The molecular formula is C64H104O24. The van der Waals surface area contributed by atoms with Crippen LogP contribution in [0, 0.1) is 28.1 Å². The lowest BCUT2D eigenvalue weighted by Crippen LogP contribution is -2.62. The van der Waals surface area contributed by atoms with Gasteiger partial charge in [0.05, 0.1) is 85.0 Å². The molecule has 33 atom stereocenters. The van der Waals surface area contributed by atoms with Crippen LogP contribution in [0.4, 0.5) is 0 Å². The third-order valence-corrected chi connectivity index (χ3v) is 23.1. The highest BCUT2D eigenvalue weighted by Crippen LogP contribution is 2.72. The van der Waals surface area contributed by atoms with Gasteiger partial charge in [-0.15, -0.1) is 0 Å². The van der Waals surface area contributed by atoms with Crippen molar-refractivity contribution in [3.63, 3.8) is 0 Å². The quantitative estimate of drug-likeness (QED) is 0.0824. The standard InChI is InChI=1S/C64H104O24/c1-30-51(69)57(73-14)58(81-37(8)65)59(79-30)85-54-33(4)77-50(26-42(54)71-12)83-53-32(3)75-47(24-40(53)67)82-52-31(2)76-48(25-41(52)68)84-55-35(6)86-63(28-44(55)72-13)29-74-43-27-49(78-34(5)56(43)87-88-63)80-36(7)64(70)22-18-46-61(10)19-15-38-23-39(66)16-20-60(38,9)45(61)17-21-62(46,64)11/h15,30-36,39-59,66-70H,16-29H2,1-14H3/t30-,31-,32-,33-,34-,35-,36+,39+,40+,41+,42+,43-,44+,45+,46+,47+,48+,49+,50+,51+,52-,53-,54-,55-,56-,57+,58-,59+,60+,61-,62+,63+,64+/m1/s1. The molecule has 3 saturated carbocycles. The molecule has 4 aliphatic carbocycles. The summed E-state index contributed by atoms with van der Waals surface area (Å²) in [4.78, 5) is 24.5. The molecule has 0 aromatic rings. The molecule has 11 rings (SSSR count). The molecule has 7 aliphatic heterocycles. The highest BCUT2D eigenvalue weighted by molar-refractivity contribution is 5.66. The third kappa shape index (κ3) is 12.6. The van der Waals surface area contributed by atoms with Crippen LogP contribution in [0.2, 0.25) is 0 Å². The van der Waals surface area contributed by atoms with Crippen molar-refractivity contribution >= 4 is 5.97 Å². The number of hydrogen-bond donors (Lipinski definition) is 5. The van der Waals surface area contributed by atoms with Gasteiger partial charge in [-0.05, 0) is 122 Å². The van der Waals surface area contributed by atoms with E-state index in [2.05, 4.69) is 26.8 Å². The second-order valence-electron chi connectivity index (χ2n) is 28.6. The summed E-state index contributed by atoms with van der Waals surface area (Å²) in [7, 11) is 4.53. The minimum Gasteiger partial charge on any atom is -0.454 e. The summed E-state index contributed by atoms with van der Waals surface area (Å²) in [6.07, 6.45) is -8.91. The van der Waals surface area contributed by atoms with Gasteiger partial charge < -0.3 is 101 Å². The topological polar surface area (TPSA) is 284 Å². The Morgan fingerprint density at radius 2 is 1.24 bits per heavy atom. The maximum Gasteiger partial charge on any atom is 0.303 e. The first-order chi connectivity index (χ1) is 41.7. The molecule has 7 heterocycles. The Hall–Kier alpha value is -1.67. The molecule has 24 heteroatoms. The Morgan fingerprint density at radius 1 is 0.636 bits per heavy atom. The minimum absolute atomic E-state index is 0.0227. The van der Waals surface area contributed by atoms with Crippen LogP contribution < -0.4 is 0 Å². The lowest BCUT2D eigenvalue weighted by Gasteiger charge is -2.64. The molecule has 0 radical (unpaired) electrons. The third-order valence-electron chi connectivity index (χ3n) is 23.1. The number of methoxy groups -OCH3 is 3. The van der Waals surface area contributed by atoms with Gasteiger partial charge in [-0.3, -0.25) is 4.79 Å². The predicted molar refractivity (Wildman–Crippen MR) is 307 cm³/mol. The Labute approximate surface area is 518 Å². The Kier molecular flexibility index (Phi) is 20.4. The second-order valence-corrected chi connectivity index (χ2v) is 28.6. The van der Waals surface area contributed by atoms with Crippen LogP contribution in [0.1, 0.15) is 160 Å². The van der Waals surface area contributed by atoms with Crippen molar-refractivity contribution < 1.29 is 116 Å². The van der Waals surface area contributed by atoms with Crippen molar-refractivity contribution in [3.05, 3.63) is 11.6 Å². The molecular weight excluding hydrogens is 1150 g/mol. The van der Waals surface area contributed by atoms with Crippen LogP contribution in [0.15, 0.2) is 11.6 Å².